The molecule has 0 aliphatic heterocycles. The van der Waals surface area contributed by atoms with Crippen molar-refractivity contribution in [3.05, 3.63) is 42.5 Å². The number of anilines is 1. The minimum atomic E-state index is 0.783. The molecule has 0 amide bonds. The van der Waals surface area contributed by atoms with Gasteiger partial charge in [-0.1, -0.05) is 36.4 Å². The quantitative estimate of drug-likeness (QED) is 0.747. The van der Waals surface area contributed by atoms with E-state index in [-0.39, 0.29) is 0 Å². The molecule has 2 aromatic carbocycles. The molecule has 1 N–H and O–H groups in total. The highest BCUT2D eigenvalue weighted by molar-refractivity contribution is 7.09. The van der Waals surface area contributed by atoms with Crippen molar-refractivity contribution in [2.45, 2.75) is 0 Å². The summed E-state index contributed by atoms with van der Waals surface area (Å²) in [4.78, 5) is 4.40. The molecule has 0 aliphatic rings. The predicted octanol–water partition coefficient (Wildman–Crippen LogP) is 3.40. The Morgan fingerprint density at radius 1 is 1.06 bits per heavy atom. The van der Waals surface area contributed by atoms with Crippen molar-refractivity contribution in [3.8, 4) is 11.4 Å². The van der Waals surface area contributed by atoms with E-state index in [0.29, 0.717) is 0 Å². The molecule has 3 nitrogen and oxygen atoms in total. The molecule has 0 aliphatic carbocycles. The molecule has 3 rings (SSSR count). The van der Waals surface area contributed by atoms with Crippen LogP contribution in [0.2, 0.25) is 0 Å². The highest BCUT2D eigenvalue weighted by atomic mass is 32.1. The van der Waals surface area contributed by atoms with Crippen LogP contribution in [0.15, 0.2) is 42.5 Å². The third kappa shape index (κ3) is 1.87. The molecule has 0 spiro atoms. The molecule has 0 saturated heterocycles. The molecule has 1 heterocycles. The van der Waals surface area contributed by atoms with Crippen molar-refractivity contribution in [1.82, 2.24) is 9.36 Å². The van der Waals surface area contributed by atoms with Gasteiger partial charge >= 0.3 is 0 Å². The topological polar surface area (TPSA) is 37.8 Å². The largest absolute Gasteiger partial charge is 0.363 e. The number of nitrogens with zero attached hydrogens (tertiary/aromatic N) is 2. The molecule has 4 heteroatoms. The van der Waals surface area contributed by atoms with Crippen molar-refractivity contribution in [2.75, 3.05) is 12.4 Å². The fourth-order valence-electron chi connectivity index (χ4n) is 1.77. The minimum absolute atomic E-state index is 0.783. The lowest BCUT2D eigenvalue weighted by Crippen LogP contribution is -1.86. The summed E-state index contributed by atoms with van der Waals surface area (Å²) in [6, 6.07) is 14.6. The lowest BCUT2D eigenvalue weighted by atomic mass is 10.1. The summed E-state index contributed by atoms with van der Waals surface area (Å²) in [5, 5.41) is 6.29. The second-order valence-electron chi connectivity index (χ2n) is 3.74. The van der Waals surface area contributed by atoms with Crippen molar-refractivity contribution in [1.29, 1.82) is 0 Å². The average molecular weight is 241 g/mol. The molecule has 17 heavy (non-hydrogen) atoms. The molecule has 3 aromatic rings. The molecule has 0 bridgehead atoms. The third-order valence-corrected chi connectivity index (χ3v) is 3.38. The van der Waals surface area contributed by atoms with Crippen LogP contribution in [0.1, 0.15) is 0 Å². The van der Waals surface area contributed by atoms with Gasteiger partial charge in [0.1, 0.15) is 0 Å². The molecule has 0 radical (unpaired) electrons. The van der Waals surface area contributed by atoms with Crippen LogP contribution in [0.5, 0.6) is 0 Å². The van der Waals surface area contributed by atoms with E-state index in [2.05, 4.69) is 45.0 Å². The van der Waals surface area contributed by atoms with Gasteiger partial charge in [-0.2, -0.15) is 9.36 Å². The maximum Gasteiger partial charge on any atom is 0.202 e. The van der Waals surface area contributed by atoms with Gasteiger partial charge in [0.15, 0.2) is 5.82 Å². The number of rotatable bonds is 2. The Kier molecular flexibility index (Phi) is 2.49. The van der Waals surface area contributed by atoms with E-state index in [9.17, 15) is 0 Å². The maximum absolute atomic E-state index is 4.40. The molecule has 0 saturated carbocycles. The van der Waals surface area contributed by atoms with Crippen LogP contribution in [0.25, 0.3) is 22.2 Å². The summed E-state index contributed by atoms with van der Waals surface area (Å²) in [5.74, 6) is 0.783. The summed E-state index contributed by atoms with van der Waals surface area (Å²) < 4.78 is 4.33. The molecule has 84 valence electrons. The van der Waals surface area contributed by atoms with Gasteiger partial charge in [-0.3, -0.25) is 0 Å². The van der Waals surface area contributed by atoms with Crippen molar-refractivity contribution in [2.24, 2.45) is 0 Å². The summed E-state index contributed by atoms with van der Waals surface area (Å²) in [6.45, 7) is 0. The van der Waals surface area contributed by atoms with Crippen molar-refractivity contribution >= 4 is 27.4 Å². The Bertz CT molecular complexity index is 660. The first-order valence-electron chi connectivity index (χ1n) is 5.37. The van der Waals surface area contributed by atoms with Crippen LogP contribution in [-0.2, 0) is 0 Å². The van der Waals surface area contributed by atoms with Crippen molar-refractivity contribution < 1.29 is 0 Å². The van der Waals surface area contributed by atoms with Gasteiger partial charge in [0, 0.05) is 24.1 Å². The predicted molar refractivity (Wildman–Crippen MR) is 72.4 cm³/mol. The van der Waals surface area contributed by atoms with Gasteiger partial charge in [-0.05, 0) is 16.8 Å². The highest BCUT2D eigenvalue weighted by Gasteiger charge is 2.05. The fourth-order valence-corrected chi connectivity index (χ4v) is 2.31. The molecule has 0 unspecified atom stereocenters. The molecule has 1 aromatic heterocycles. The lowest BCUT2D eigenvalue weighted by Gasteiger charge is -1.99. The molecule has 0 atom stereocenters. The van der Waals surface area contributed by atoms with Gasteiger partial charge in [-0.15, -0.1) is 0 Å². The maximum atomic E-state index is 4.40. The first-order valence-corrected chi connectivity index (χ1v) is 6.15. The van der Waals surface area contributed by atoms with E-state index in [0.717, 1.165) is 16.5 Å². The zero-order valence-corrected chi connectivity index (χ0v) is 10.2. The smallest absolute Gasteiger partial charge is 0.202 e. The van der Waals surface area contributed by atoms with Crippen molar-refractivity contribution in [3.63, 3.8) is 0 Å². The molecular formula is C13H11N3S. The number of fused-ring (bicyclic) bond motifs is 1. The first-order chi connectivity index (χ1) is 8.36. The monoisotopic (exact) mass is 241 g/mol. The summed E-state index contributed by atoms with van der Waals surface area (Å²) in [6.07, 6.45) is 0. The summed E-state index contributed by atoms with van der Waals surface area (Å²) >= 11 is 1.38. The number of aromatic nitrogens is 2. The van der Waals surface area contributed by atoms with Gasteiger partial charge in [-0.25, -0.2) is 0 Å². The van der Waals surface area contributed by atoms with Crippen LogP contribution in [0.3, 0.4) is 0 Å². The van der Waals surface area contributed by atoms with E-state index in [1.54, 1.807) is 0 Å². The van der Waals surface area contributed by atoms with Crippen LogP contribution in [-0.4, -0.2) is 16.4 Å². The number of benzene rings is 2. The second kappa shape index (κ2) is 4.14. The van der Waals surface area contributed by atoms with E-state index < -0.39 is 0 Å². The number of nitrogens with one attached hydrogen (secondary N) is 1. The van der Waals surface area contributed by atoms with Crippen LogP contribution >= 0.6 is 11.5 Å². The van der Waals surface area contributed by atoms with E-state index in [1.807, 2.05) is 19.2 Å². The zero-order valence-electron chi connectivity index (χ0n) is 9.34. The minimum Gasteiger partial charge on any atom is -0.363 e. The second-order valence-corrected chi connectivity index (χ2v) is 4.49. The van der Waals surface area contributed by atoms with Crippen LogP contribution in [0.4, 0.5) is 5.13 Å². The standard InChI is InChI=1S/C13H11N3S/c1-14-13-15-12(16-17-13)11-7-6-9-4-2-3-5-10(9)8-11/h2-8H,1H3,(H,14,15,16). The summed E-state index contributed by atoms with van der Waals surface area (Å²) in [7, 11) is 1.85. The Balaban J connectivity index is 2.11. The van der Waals surface area contributed by atoms with E-state index in [1.165, 1.54) is 22.3 Å². The highest BCUT2D eigenvalue weighted by Crippen LogP contribution is 2.24. The normalized spacial score (nSPS) is 10.6. The average Bonchev–Trinajstić information content (AvgIpc) is 2.87. The SMILES string of the molecule is CNc1nc(-c2ccc3ccccc3c2)ns1. The number of hydrogen-bond donors (Lipinski definition) is 1. The van der Waals surface area contributed by atoms with Gasteiger partial charge in [0.2, 0.25) is 5.13 Å². The number of hydrogen-bond acceptors (Lipinski definition) is 4. The Hall–Kier alpha value is -1.94. The van der Waals surface area contributed by atoms with Crippen LogP contribution < -0.4 is 5.32 Å². The van der Waals surface area contributed by atoms with E-state index >= 15 is 0 Å². The Labute approximate surface area is 103 Å². The Morgan fingerprint density at radius 2 is 1.88 bits per heavy atom. The third-order valence-electron chi connectivity index (χ3n) is 2.65. The van der Waals surface area contributed by atoms with Gasteiger partial charge in [0.25, 0.3) is 0 Å². The van der Waals surface area contributed by atoms with Crippen LogP contribution in [0, 0.1) is 0 Å². The Morgan fingerprint density at radius 3 is 2.65 bits per heavy atom. The van der Waals surface area contributed by atoms with E-state index in [4.69, 9.17) is 0 Å². The molecular weight excluding hydrogens is 230 g/mol. The van der Waals surface area contributed by atoms with Gasteiger partial charge < -0.3 is 5.32 Å². The molecule has 0 fully saturated rings. The lowest BCUT2D eigenvalue weighted by molar-refractivity contribution is 1.31. The fraction of sp³-hybridized carbons (Fsp3) is 0.0769. The first kappa shape index (κ1) is 10.2. The summed E-state index contributed by atoms with van der Waals surface area (Å²) in [5.41, 5.74) is 1.06. The zero-order chi connectivity index (χ0) is 11.7. The van der Waals surface area contributed by atoms with Gasteiger partial charge in [0.05, 0.1) is 0 Å².